The number of hydrogen-bond acceptors (Lipinski definition) is 3. The van der Waals surface area contributed by atoms with Crippen LogP contribution in [-0.2, 0) is 10.0 Å². The van der Waals surface area contributed by atoms with Crippen LogP contribution in [0.4, 0.5) is 0 Å². The number of aliphatic hydroxyl groups is 1. The molecule has 0 saturated heterocycles. The summed E-state index contributed by atoms with van der Waals surface area (Å²) in [4.78, 5) is 0. The van der Waals surface area contributed by atoms with Gasteiger partial charge in [-0.1, -0.05) is 0 Å². The van der Waals surface area contributed by atoms with E-state index >= 15 is 0 Å². The Labute approximate surface area is 78.4 Å². The lowest BCUT2D eigenvalue weighted by Crippen LogP contribution is -2.34. The van der Waals surface area contributed by atoms with E-state index in [1.54, 1.807) is 0 Å². The maximum Gasteiger partial charge on any atom is 0.208 e. The average molecular weight is 205 g/mol. The van der Waals surface area contributed by atoms with E-state index in [-0.39, 0.29) is 12.6 Å². The van der Waals surface area contributed by atoms with Crippen molar-refractivity contribution in [3.05, 3.63) is 0 Å². The van der Waals surface area contributed by atoms with E-state index < -0.39 is 10.0 Å². The SMILES string of the molecule is CS(=O)(=O)N[C@@H]1CC[C@H]2[C@@H](CO)[C@H]21. The van der Waals surface area contributed by atoms with Crippen molar-refractivity contribution >= 4 is 10.0 Å². The molecule has 2 saturated carbocycles. The van der Waals surface area contributed by atoms with E-state index in [9.17, 15) is 8.42 Å². The molecule has 76 valence electrons. The number of hydrogen-bond donors (Lipinski definition) is 2. The van der Waals surface area contributed by atoms with E-state index in [2.05, 4.69) is 4.72 Å². The molecule has 2 aliphatic carbocycles. The largest absolute Gasteiger partial charge is 0.396 e. The standard InChI is InChI=1S/C8H15NO3S/c1-13(11,12)9-7-3-2-5-6(4-10)8(5)7/h5-10H,2-4H2,1H3/t5-,6+,7+,8-/m0/s1. The Bertz CT molecular complexity index is 297. The normalized spacial score (nSPS) is 43.2. The first-order valence-corrected chi connectivity index (χ1v) is 6.50. The van der Waals surface area contributed by atoms with E-state index in [4.69, 9.17) is 5.11 Å². The summed E-state index contributed by atoms with van der Waals surface area (Å²) in [5, 5.41) is 8.95. The van der Waals surface area contributed by atoms with Crippen LogP contribution in [0, 0.1) is 17.8 Å². The van der Waals surface area contributed by atoms with Gasteiger partial charge in [0.05, 0.1) is 6.26 Å². The van der Waals surface area contributed by atoms with E-state index in [1.165, 1.54) is 6.26 Å². The summed E-state index contributed by atoms with van der Waals surface area (Å²) in [6.07, 6.45) is 3.18. The fourth-order valence-corrected chi connectivity index (χ4v) is 3.54. The molecule has 2 N–H and O–H groups in total. The van der Waals surface area contributed by atoms with Crippen molar-refractivity contribution in [1.29, 1.82) is 0 Å². The van der Waals surface area contributed by atoms with Gasteiger partial charge in [-0.25, -0.2) is 13.1 Å². The van der Waals surface area contributed by atoms with Gasteiger partial charge in [-0.15, -0.1) is 0 Å². The quantitative estimate of drug-likeness (QED) is 0.656. The first-order valence-electron chi connectivity index (χ1n) is 4.61. The van der Waals surface area contributed by atoms with E-state index in [0.29, 0.717) is 17.8 Å². The molecule has 0 aliphatic heterocycles. The fourth-order valence-electron chi connectivity index (χ4n) is 2.71. The van der Waals surface area contributed by atoms with Crippen LogP contribution in [0.2, 0.25) is 0 Å². The topological polar surface area (TPSA) is 66.4 Å². The molecule has 0 amide bonds. The molecule has 4 atom stereocenters. The zero-order chi connectivity index (χ0) is 9.64. The molecule has 2 aliphatic rings. The number of aliphatic hydroxyl groups excluding tert-OH is 1. The first-order chi connectivity index (χ1) is 6.03. The first kappa shape index (κ1) is 9.43. The number of sulfonamides is 1. The van der Waals surface area contributed by atoms with Gasteiger partial charge in [-0.05, 0) is 30.6 Å². The third kappa shape index (κ3) is 1.73. The number of nitrogens with one attached hydrogen (secondary N) is 1. The van der Waals surface area contributed by atoms with Crippen LogP contribution in [-0.4, -0.2) is 32.4 Å². The van der Waals surface area contributed by atoms with Gasteiger partial charge in [0.2, 0.25) is 10.0 Å². The van der Waals surface area contributed by atoms with Crippen molar-refractivity contribution in [2.75, 3.05) is 12.9 Å². The highest BCUT2D eigenvalue weighted by molar-refractivity contribution is 7.88. The van der Waals surface area contributed by atoms with Crippen molar-refractivity contribution in [1.82, 2.24) is 4.72 Å². The lowest BCUT2D eigenvalue weighted by Gasteiger charge is -2.13. The molecule has 0 radical (unpaired) electrons. The molecule has 0 aromatic carbocycles. The van der Waals surface area contributed by atoms with Gasteiger partial charge >= 0.3 is 0 Å². The molecule has 0 spiro atoms. The van der Waals surface area contributed by atoms with Crippen LogP contribution < -0.4 is 4.72 Å². The van der Waals surface area contributed by atoms with Crippen LogP contribution in [0.1, 0.15) is 12.8 Å². The Morgan fingerprint density at radius 3 is 2.62 bits per heavy atom. The summed E-state index contributed by atoms with van der Waals surface area (Å²) in [5.74, 6) is 1.33. The van der Waals surface area contributed by atoms with Gasteiger partial charge in [0.15, 0.2) is 0 Å². The van der Waals surface area contributed by atoms with Crippen LogP contribution in [0.25, 0.3) is 0 Å². The van der Waals surface area contributed by atoms with Crippen LogP contribution in [0.15, 0.2) is 0 Å². The lowest BCUT2D eigenvalue weighted by molar-refractivity contribution is 0.251. The maximum absolute atomic E-state index is 11.0. The number of fused-ring (bicyclic) bond motifs is 1. The van der Waals surface area contributed by atoms with Crippen molar-refractivity contribution in [3.8, 4) is 0 Å². The second-order valence-corrected chi connectivity index (χ2v) is 5.94. The predicted molar refractivity (Wildman–Crippen MR) is 48.6 cm³/mol. The summed E-state index contributed by atoms with van der Waals surface area (Å²) < 4.78 is 24.6. The minimum absolute atomic E-state index is 0.0807. The van der Waals surface area contributed by atoms with E-state index in [1.807, 2.05) is 0 Å². The van der Waals surface area contributed by atoms with Crippen LogP contribution in [0.5, 0.6) is 0 Å². The smallest absolute Gasteiger partial charge is 0.208 e. The van der Waals surface area contributed by atoms with Gasteiger partial charge in [0.25, 0.3) is 0 Å². The number of rotatable bonds is 3. The van der Waals surface area contributed by atoms with Crippen molar-refractivity contribution in [2.24, 2.45) is 17.8 Å². The Kier molecular flexibility index (Phi) is 2.13. The molecule has 2 rings (SSSR count). The van der Waals surface area contributed by atoms with Crippen LogP contribution >= 0.6 is 0 Å². The minimum Gasteiger partial charge on any atom is -0.396 e. The van der Waals surface area contributed by atoms with Gasteiger partial charge in [0.1, 0.15) is 0 Å². The Morgan fingerprint density at radius 2 is 2.15 bits per heavy atom. The predicted octanol–water partition coefficient (Wildman–Crippen LogP) is -0.448. The fraction of sp³-hybridized carbons (Fsp3) is 1.00. The second-order valence-electron chi connectivity index (χ2n) is 4.16. The molecule has 2 fully saturated rings. The van der Waals surface area contributed by atoms with Crippen molar-refractivity contribution in [2.45, 2.75) is 18.9 Å². The highest BCUT2D eigenvalue weighted by Gasteiger charge is 2.57. The highest BCUT2D eigenvalue weighted by Crippen LogP contribution is 2.57. The lowest BCUT2D eigenvalue weighted by atomic mass is 10.1. The Hall–Kier alpha value is -0.130. The molecule has 0 bridgehead atoms. The Balaban J connectivity index is 1.96. The summed E-state index contributed by atoms with van der Waals surface area (Å²) in [7, 11) is -3.08. The zero-order valence-electron chi connectivity index (χ0n) is 7.60. The maximum atomic E-state index is 11.0. The molecule has 0 aromatic heterocycles. The summed E-state index contributed by atoms with van der Waals surface area (Å²) in [6.45, 7) is 0.206. The minimum atomic E-state index is -3.08. The molecular formula is C8H15NO3S. The third-order valence-corrected chi connectivity index (χ3v) is 3.98. The molecular weight excluding hydrogens is 190 g/mol. The average Bonchev–Trinajstić information content (AvgIpc) is 2.57. The van der Waals surface area contributed by atoms with Crippen LogP contribution in [0.3, 0.4) is 0 Å². The second kappa shape index (κ2) is 2.93. The molecule has 0 heterocycles. The van der Waals surface area contributed by atoms with Crippen molar-refractivity contribution < 1.29 is 13.5 Å². The zero-order valence-corrected chi connectivity index (χ0v) is 8.42. The summed E-state index contributed by atoms with van der Waals surface area (Å²) in [6, 6.07) is 0.0807. The van der Waals surface area contributed by atoms with Gasteiger partial charge in [0, 0.05) is 12.6 Å². The molecule has 13 heavy (non-hydrogen) atoms. The van der Waals surface area contributed by atoms with E-state index in [0.717, 1.165) is 12.8 Å². The highest BCUT2D eigenvalue weighted by atomic mass is 32.2. The Morgan fingerprint density at radius 1 is 1.46 bits per heavy atom. The molecule has 4 nitrogen and oxygen atoms in total. The summed E-state index contributed by atoms with van der Waals surface area (Å²) >= 11 is 0. The van der Waals surface area contributed by atoms with Gasteiger partial charge in [-0.3, -0.25) is 0 Å². The van der Waals surface area contributed by atoms with Crippen molar-refractivity contribution in [3.63, 3.8) is 0 Å². The monoisotopic (exact) mass is 205 g/mol. The molecule has 0 aromatic rings. The van der Waals surface area contributed by atoms with Gasteiger partial charge in [-0.2, -0.15) is 0 Å². The third-order valence-electron chi connectivity index (χ3n) is 3.25. The van der Waals surface area contributed by atoms with Gasteiger partial charge < -0.3 is 5.11 Å². The summed E-state index contributed by atoms with van der Waals surface area (Å²) in [5.41, 5.74) is 0. The molecule has 0 unspecified atom stereocenters. The molecule has 5 heteroatoms.